The van der Waals surface area contributed by atoms with E-state index in [4.69, 9.17) is 19.3 Å². The number of nitrogens with one attached hydrogen (secondary N) is 1. The summed E-state index contributed by atoms with van der Waals surface area (Å²) in [5.41, 5.74) is 0.447. The minimum atomic E-state index is -0.140. The van der Waals surface area contributed by atoms with Crippen LogP contribution in [0.25, 0.3) is 0 Å². The molecular weight excluding hydrogens is 340 g/mol. The van der Waals surface area contributed by atoms with Crippen molar-refractivity contribution in [1.82, 2.24) is 10.2 Å². The first-order valence-electron chi connectivity index (χ1n) is 8.53. The molecule has 2 N–H and O–H groups in total. The number of hydrogen-bond donors (Lipinski definition) is 2. The zero-order valence-electron chi connectivity index (χ0n) is 15.4. The predicted octanol–water partition coefficient (Wildman–Crippen LogP) is 0.673. The highest BCUT2D eigenvalue weighted by molar-refractivity contribution is 5.96. The van der Waals surface area contributed by atoms with Crippen molar-refractivity contribution < 1.29 is 28.9 Å². The van der Waals surface area contributed by atoms with Crippen LogP contribution in [0.5, 0.6) is 17.2 Å². The van der Waals surface area contributed by atoms with Crippen molar-refractivity contribution in [2.45, 2.75) is 12.8 Å². The van der Waals surface area contributed by atoms with Crippen LogP contribution >= 0.6 is 0 Å². The number of nitrogens with zero attached hydrogens (tertiary/aromatic N) is 1. The molecule has 8 nitrogen and oxygen atoms in total. The molecule has 0 bridgehead atoms. The average molecular weight is 366 g/mol. The average Bonchev–Trinajstić information content (AvgIpc) is 2.70. The van der Waals surface area contributed by atoms with Crippen LogP contribution < -0.4 is 19.5 Å². The number of benzene rings is 1. The molecule has 26 heavy (non-hydrogen) atoms. The van der Waals surface area contributed by atoms with Crippen molar-refractivity contribution in [2.75, 3.05) is 47.6 Å². The van der Waals surface area contributed by atoms with Crippen LogP contribution in [0, 0.1) is 5.92 Å². The van der Waals surface area contributed by atoms with E-state index < -0.39 is 0 Å². The monoisotopic (exact) mass is 366 g/mol. The largest absolute Gasteiger partial charge is 0.493 e. The summed E-state index contributed by atoms with van der Waals surface area (Å²) in [6.45, 7) is 1.16. The van der Waals surface area contributed by atoms with E-state index in [1.165, 1.54) is 21.3 Å². The molecule has 1 aromatic rings. The minimum absolute atomic E-state index is 0.0704. The summed E-state index contributed by atoms with van der Waals surface area (Å²) in [6.07, 6.45) is 1.18. The van der Waals surface area contributed by atoms with E-state index in [0.29, 0.717) is 48.7 Å². The molecule has 0 aliphatic carbocycles. The summed E-state index contributed by atoms with van der Waals surface area (Å²) >= 11 is 0. The standard InChI is InChI=1S/C18H26N2O6/c1-24-14-10-13(11-15(25-2)16(14)26-3)18(23)20-7-4-12(5-8-20)17(22)19-6-9-21/h10-12,21H,4-9H2,1-3H3,(H,19,22). The Kier molecular flexibility index (Phi) is 7.08. The van der Waals surface area contributed by atoms with Gasteiger partial charge < -0.3 is 29.5 Å². The molecule has 0 saturated carbocycles. The molecule has 1 aromatic carbocycles. The van der Waals surface area contributed by atoms with Crippen molar-refractivity contribution in [3.63, 3.8) is 0 Å². The van der Waals surface area contributed by atoms with Gasteiger partial charge in [-0.15, -0.1) is 0 Å². The maximum Gasteiger partial charge on any atom is 0.254 e. The zero-order valence-corrected chi connectivity index (χ0v) is 15.4. The Morgan fingerprint density at radius 2 is 1.69 bits per heavy atom. The topological polar surface area (TPSA) is 97.3 Å². The molecule has 1 heterocycles. The van der Waals surface area contributed by atoms with Crippen LogP contribution in [-0.4, -0.2) is 69.4 Å². The lowest BCUT2D eigenvalue weighted by molar-refractivity contribution is -0.126. The number of methoxy groups -OCH3 is 3. The molecule has 0 radical (unpaired) electrons. The highest BCUT2D eigenvalue weighted by Gasteiger charge is 2.28. The van der Waals surface area contributed by atoms with Crippen LogP contribution in [0.4, 0.5) is 0 Å². The molecule has 1 aliphatic rings. The van der Waals surface area contributed by atoms with Gasteiger partial charge in [0.15, 0.2) is 11.5 Å². The van der Waals surface area contributed by atoms with E-state index in [0.717, 1.165) is 0 Å². The first-order valence-corrected chi connectivity index (χ1v) is 8.53. The second kappa shape index (κ2) is 9.28. The van der Waals surface area contributed by atoms with Crippen LogP contribution in [-0.2, 0) is 4.79 Å². The van der Waals surface area contributed by atoms with E-state index in [1.54, 1.807) is 17.0 Å². The summed E-state index contributed by atoms with van der Waals surface area (Å²) in [7, 11) is 4.51. The summed E-state index contributed by atoms with van der Waals surface area (Å²) in [4.78, 5) is 26.5. The summed E-state index contributed by atoms with van der Waals surface area (Å²) in [5.74, 6) is 0.940. The zero-order chi connectivity index (χ0) is 19.1. The molecule has 1 saturated heterocycles. The van der Waals surface area contributed by atoms with Gasteiger partial charge in [-0.05, 0) is 25.0 Å². The van der Waals surface area contributed by atoms with Gasteiger partial charge in [0.05, 0.1) is 27.9 Å². The van der Waals surface area contributed by atoms with E-state index in [2.05, 4.69) is 5.32 Å². The fourth-order valence-electron chi connectivity index (χ4n) is 3.06. The van der Waals surface area contributed by atoms with Gasteiger partial charge in [-0.1, -0.05) is 0 Å². The molecule has 2 amide bonds. The highest BCUT2D eigenvalue weighted by Crippen LogP contribution is 2.38. The lowest BCUT2D eigenvalue weighted by Gasteiger charge is -2.31. The maximum absolute atomic E-state index is 12.8. The molecule has 8 heteroatoms. The molecule has 1 fully saturated rings. The molecule has 1 aliphatic heterocycles. The first kappa shape index (κ1) is 19.8. The predicted molar refractivity (Wildman–Crippen MR) is 94.8 cm³/mol. The highest BCUT2D eigenvalue weighted by atomic mass is 16.5. The van der Waals surface area contributed by atoms with Crippen molar-refractivity contribution in [1.29, 1.82) is 0 Å². The van der Waals surface area contributed by atoms with Gasteiger partial charge >= 0.3 is 0 Å². The van der Waals surface area contributed by atoms with Gasteiger partial charge in [0.2, 0.25) is 11.7 Å². The number of rotatable bonds is 7. The smallest absolute Gasteiger partial charge is 0.254 e. The number of piperidine rings is 1. The number of hydrogen-bond acceptors (Lipinski definition) is 6. The second-order valence-electron chi connectivity index (χ2n) is 6.00. The number of aliphatic hydroxyl groups excluding tert-OH is 1. The van der Waals surface area contributed by atoms with Crippen LogP contribution in [0.3, 0.4) is 0 Å². The van der Waals surface area contributed by atoms with Gasteiger partial charge in [0.1, 0.15) is 0 Å². The third kappa shape index (κ3) is 4.37. The van der Waals surface area contributed by atoms with Crippen molar-refractivity contribution in [2.24, 2.45) is 5.92 Å². The number of carbonyl (C=O) groups is 2. The SMILES string of the molecule is COc1cc(C(=O)N2CCC(C(=O)NCCO)CC2)cc(OC)c1OC. The van der Waals surface area contributed by atoms with Crippen LogP contribution in [0.15, 0.2) is 12.1 Å². The van der Waals surface area contributed by atoms with E-state index in [-0.39, 0.29) is 30.9 Å². The van der Waals surface area contributed by atoms with E-state index in [1.807, 2.05) is 0 Å². The third-order valence-electron chi connectivity index (χ3n) is 4.48. The maximum atomic E-state index is 12.8. The number of ether oxygens (including phenoxy) is 3. The Morgan fingerprint density at radius 1 is 1.12 bits per heavy atom. The van der Waals surface area contributed by atoms with E-state index in [9.17, 15) is 9.59 Å². The molecule has 0 spiro atoms. The minimum Gasteiger partial charge on any atom is -0.493 e. The fraction of sp³-hybridized carbons (Fsp3) is 0.556. The number of aliphatic hydroxyl groups is 1. The third-order valence-corrected chi connectivity index (χ3v) is 4.48. The van der Waals surface area contributed by atoms with Gasteiger partial charge in [0, 0.05) is 31.1 Å². The van der Waals surface area contributed by atoms with Crippen molar-refractivity contribution >= 4 is 11.8 Å². The Hall–Kier alpha value is -2.48. The first-order chi connectivity index (χ1) is 12.5. The van der Waals surface area contributed by atoms with E-state index >= 15 is 0 Å². The van der Waals surface area contributed by atoms with Crippen LogP contribution in [0.2, 0.25) is 0 Å². The molecule has 144 valence electrons. The van der Waals surface area contributed by atoms with Gasteiger partial charge in [0.25, 0.3) is 5.91 Å². The molecule has 2 rings (SSSR count). The Morgan fingerprint density at radius 3 is 2.15 bits per heavy atom. The lowest BCUT2D eigenvalue weighted by atomic mass is 9.95. The second-order valence-corrected chi connectivity index (χ2v) is 6.00. The summed E-state index contributed by atoms with van der Waals surface area (Å²) in [5, 5.41) is 11.5. The Bertz CT molecular complexity index is 616. The van der Waals surface area contributed by atoms with Crippen molar-refractivity contribution in [3.05, 3.63) is 17.7 Å². The van der Waals surface area contributed by atoms with Gasteiger partial charge in [-0.2, -0.15) is 0 Å². The van der Waals surface area contributed by atoms with Gasteiger partial charge in [-0.3, -0.25) is 9.59 Å². The van der Waals surface area contributed by atoms with Gasteiger partial charge in [-0.25, -0.2) is 0 Å². The lowest BCUT2D eigenvalue weighted by Crippen LogP contribution is -2.43. The number of carbonyl (C=O) groups excluding carboxylic acids is 2. The summed E-state index contributed by atoms with van der Waals surface area (Å²) in [6, 6.07) is 3.26. The Labute approximate surface area is 153 Å². The quantitative estimate of drug-likeness (QED) is 0.736. The van der Waals surface area contributed by atoms with Crippen molar-refractivity contribution in [3.8, 4) is 17.2 Å². The molecular formula is C18H26N2O6. The molecule has 0 aromatic heterocycles. The Balaban J connectivity index is 2.07. The number of amides is 2. The normalized spacial score (nSPS) is 14.7. The molecule has 0 atom stereocenters. The number of likely N-dealkylation sites (tertiary alicyclic amines) is 1. The summed E-state index contributed by atoms with van der Waals surface area (Å²) < 4.78 is 15.9. The fourth-order valence-corrected chi connectivity index (χ4v) is 3.06. The molecule has 0 unspecified atom stereocenters. The van der Waals surface area contributed by atoms with Crippen LogP contribution in [0.1, 0.15) is 23.2 Å².